The number of ether oxygens (including phenoxy) is 1. The lowest BCUT2D eigenvalue weighted by molar-refractivity contribution is 0.0836. The maximum atomic E-state index is 8.79. The fourth-order valence-electron chi connectivity index (χ4n) is 1.52. The minimum Gasteiger partial charge on any atom is -0.388 e. The zero-order valence-corrected chi connectivity index (χ0v) is 7.36. The van der Waals surface area contributed by atoms with Crippen LogP contribution in [0.25, 0.3) is 0 Å². The van der Waals surface area contributed by atoms with Gasteiger partial charge in [0.1, 0.15) is 12.4 Å². The second-order valence-corrected chi connectivity index (χ2v) is 3.19. The number of hydrogen-bond donors (Lipinski definition) is 2. The van der Waals surface area contributed by atoms with E-state index in [0.29, 0.717) is 11.7 Å². The van der Waals surface area contributed by atoms with Crippen molar-refractivity contribution in [3.63, 3.8) is 0 Å². The monoisotopic (exact) mass is 183 g/mol. The van der Waals surface area contributed by atoms with Crippen molar-refractivity contribution in [2.45, 2.75) is 25.4 Å². The lowest BCUT2D eigenvalue weighted by Gasteiger charge is -2.18. The quantitative estimate of drug-likeness (QED) is 0.686. The Morgan fingerprint density at radius 2 is 2.23 bits per heavy atom. The molecule has 0 atom stereocenters. The molecule has 2 rings (SSSR count). The third kappa shape index (κ3) is 1.87. The van der Waals surface area contributed by atoms with Gasteiger partial charge in [0, 0.05) is 19.1 Å². The number of aromatic nitrogens is 3. The highest BCUT2D eigenvalue weighted by Crippen LogP contribution is 2.23. The summed E-state index contributed by atoms with van der Waals surface area (Å²) >= 11 is 0. The Balaban J connectivity index is 2.05. The summed E-state index contributed by atoms with van der Waals surface area (Å²) in [4.78, 5) is 4.18. The maximum absolute atomic E-state index is 8.79. The van der Waals surface area contributed by atoms with Crippen LogP contribution < -0.4 is 0 Å². The van der Waals surface area contributed by atoms with Crippen molar-refractivity contribution in [1.29, 1.82) is 0 Å². The second-order valence-electron chi connectivity index (χ2n) is 3.19. The molecule has 0 saturated carbocycles. The SMILES string of the molecule is OCc1nc(C2CCOCC2)n[nH]1. The van der Waals surface area contributed by atoms with Crippen LogP contribution in [0.4, 0.5) is 0 Å². The Kier molecular flexibility index (Phi) is 2.56. The summed E-state index contributed by atoms with van der Waals surface area (Å²) < 4.78 is 5.24. The number of nitrogens with one attached hydrogen (secondary N) is 1. The molecule has 0 spiro atoms. The minimum atomic E-state index is -0.0732. The first-order valence-electron chi connectivity index (χ1n) is 4.50. The van der Waals surface area contributed by atoms with E-state index in [-0.39, 0.29) is 6.61 Å². The number of rotatable bonds is 2. The standard InChI is InChI=1S/C8H13N3O2/c12-5-7-9-8(11-10-7)6-1-3-13-4-2-6/h6,12H,1-5H2,(H,9,10,11). The zero-order valence-electron chi connectivity index (χ0n) is 7.36. The number of hydrogen-bond acceptors (Lipinski definition) is 4. The van der Waals surface area contributed by atoms with E-state index in [1.807, 2.05) is 0 Å². The van der Waals surface area contributed by atoms with E-state index in [0.717, 1.165) is 31.9 Å². The molecule has 0 bridgehead atoms. The molecule has 0 radical (unpaired) electrons. The van der Waals surface area contributed by atoms with Gasteiger partial charge in [-0.1, -0.05) is 0 Å². The van der Waals surface area contributed by atoms with Gasteiger partial charge in [0.05, 0.1) is 0 Å². The smallest absolute Gasteiger partial charge is 0.154 e. The van der Waals surface area contributed by atoms with Gasteiger partial charge < -0.3 is 9.84 Å². The molecule has 1 aliphatic rings. The van der Waals surface area contributed by atoms with Crippen molar-refractivity contribution < 1.29 is 9.84 Å². The van der Waals surface area contributed by atoms with Crippen LogP contribution in [0, 0.1) is 0 Å². The van der Waals surface area contributed by atoms with Crippen molar-refractivity contribution in [3.8, 4) is 0 Å². The highest BCUT2D eigenvalue weighted by molar-refractivity contribution is 4.98. The Morgan fingerprint density at radius 1 is 1.46 bits per heavy atom. The molecule has 5 heteroatoms. The molecule has 1 fully saturated rings. The first-order valence-corrected chi connectivity index (χ1v) is 4.50. The van der Waals surface area contributed by atoms with E-state index in [4.69, 9.17) is 9.84 Å². The Morgan fingerprint density at radius 3 is 2.85 bits per heavy atom. The van der Waals surface area contributed by atoms with Gasteiger partial charge in [-0.3, -0.25) is 5.10 Å². The van der Waals surface area contributed by atoms with Crippen LogP contribution in [0.1, 0.15) is 30.4 Å². The van der Waals surface area contributed by atoms with Gasteiger partial charge in [-0.05, 0) is 12.8 Å². The molecule has 72 valence electrons. The normalized spacial score (nSPS) is 19.2. The average Bonchev–Trinajstić information content (AvgIpc) is 2.67. The fraction of sp³-hybridized carbons (Fsp3) is 0.750. The van der Waals surface area contributed by atoms with Crippen LogP contribution in [0.3, 0.4) is 0 Å². The van der Waals surface area contributed by atoms with Gasteiger partial charge in [0.25, 0.3) is 0 Å². The van der Waals surface area contributed by atoms with E-state index >= 15 is 0 Å². The van der Waals surface area contributed by atoms with Gasteiger partial charge in [-0.15, -0.1) is 0 Å². The lowest BCUT2D eigenvalue weighted by Crippen LogP contribution is -2.15. The average molecular weight is 183 g/mol. The van der Waals surface area contributed by atoms with E-state index in [1.54, 1.807) is 0 Å². The molecular formula is C8H13N3O2. The molecule has 2 N–H and O–H groups in total. The molecule has 13 heavy (non-hydrogen) atoms. The number of H-pyrrole nitrogens is 1. The van der Waals surface area contributed by atoms with Crippen LogP contribution in [0.5, 0.6) is 0 Å². The number of aliphatic hydroxyl groups excluding tert-OH is 1. The molecule has 0 aliphatic carbocycles. The minimum absolute atomic E-state index is 0.0732. The predicted molar refractivity (Wildman–Crippen MR) is 45.1 cm³/mol. The summed E-state index contributed by atoms with van der Waals surface area (Å²) in [6, 6.07) is 0. The van der Waals surface area contributed by atoms with Crippen LogP contribution in [-0.2, 0) is 11.3 Å². The largest absolute Gasteiger partial charge is 0.388 e. The van der Waals surface area contributed by atoms with E-state index in [1.165, 1.54) is 0 Å². The summed E-state index contributed by atoms with van der Waals surface area (Å²) in [7, 11) is 0. The van der Waals surface area contributed by atoms with E-state index in [2.05, 4.69) is 15.2 Å². The summed E-state index contributed by atoms with van der Waals surface area (Å²) in [5, 5.41) is 15.6. The van der Waals surface area contributed by atoms with Gasteiger partial charge in [0.2, 0.25) is 0 Å². The summed E-state index contributed by atoms with van der Waals surface area (Å²) in [6.07, 6.45) is 1.95. The third-order valence-corrected chi connectivity index (χ3v) is 2.29. The van der Waals surface area contributed by atoms with Gasteiger partial charge in [-0.2, -0.15) is 5.10 Å². The van der Waals surface area contributed by atoms with Gasteiger partial charge in [0.15, 0.2) is 5.82 Å². The number of aliphatic hydroxyl groups is 1. The first-order chi connectivity index (χ1) is 6.40. The molecule has 2 heterocycles. The lowest BCUT2D eigenvalue weighted by atomic mass is 10.00. The van der Waals surface area contributed by atoms with Crippen LogP contribution in [0.15, 0.2) is 0 Å². The zero-order chi connectivity index (χ0) is 9.10. The van der Waals surface area contributed by atoms with Crippen molar-refractivity contribution in [2.24, 2.45) is 0 Å². The summed E-state index contributed by atoms with van der Waals surface area (Å²) in [5.41, 5.74) is 0. The second kappa shape index (κ2) is 3.85. The fourth-order valence-corrected chi connectivity index (χ4v) is 1.52. The van der Waals surface area contributed by atoms with Crippen molar-refractivity contribution >= 4 is 0 Å². The van der Waals surface area contributed by atoms with Gasteiger partial charge >= 0.3 is 0 Å². The highest BCUT2D eigenvalue weighted by atomic mass is 16.5. The Labute approximate surface area is 76.1 Å². The van der Waals surface area contributed by atoms with Crippen molar-refractivity contribution in [3.05, 3.63) is 11.6 Å². The third-order valence-electron chi connectivity index (χ3n) is 2.29. The molecule has 0 aromatic carbocycles. The van der Waals surface area contributed by atoms with Crippen LogP contribution in [-0.4, -0.2) is 33.5 Å². The number of aromatic amines is 1. The molecule has 1 aliphatic heterocycles. The predicted octanol–water partition coefficient (Wildman–Crippen LogP) is 0.191. The van der Waals surface area contributed by atoms with Crippen LogP contribution >= 0.6 is 0 Å². The van der Waals surface area contributed by atoms with Crippen LogP contribution in [0.2, 0.25) is 0 Å². The van der Waals surface area contributed by atoms with Crippen molar-refractivity contribution in [1.82, 2.24) is 15.2 Å². The number of nitrogens with zero attached hydrogens (tertiary/aromatic N) is 2. The summed E-state index contributed by atoms with van der Waals surface area (Å²) in [6.45, 7) is 1.50. The molecule has 5 nitrogen and oxygen atoms in total. The van der Waals surface area contributed by atoms with E-state index in [9.17, 15) is 0 Å². The molecule has 1 aromatic rings. The Hall–Kier alpha value is -0.940. The topological polar surface area (TPSA) is 71.0 Å². The first kappa shape index (κ1) is 8.65. The molecule has 1 aromatic heterocycles. The van der Waals surface area contributed by atoms with Gasteiger partial charge in [-0.25, -0.2) is 4.98 Å². The molecule has 1 saturated heterocycles. The summed E-state index contributed by atoms with van der Waals surface area (Å²) in [5.74, 6) is 1.75. The van der Waals surface area contributed by atoms with Crippen molar-refractivity contribution in [2.75, 3.05) is 13.2 Å². The molecular weight excluding hydrogens is 170 g/mol. The highest BCUT2D eigenvalue weighted by Gasteiger charge is 2.19. The molecule has 0 unspecified atom stereocenters. The molecule has 0 amide bonds. The maximum Gasteiger partial charge on any atom is 0.154 e. The Bertz CT molecular complexity index is 268. The van der Waals surface area contributed by atoms with E-state index < -0.39 is 0 Å².